The first-order valence-electron chi connectivity index (χ1n) is 8.89. The van der Waals surface area contributed by atoms with Gasteiger partial charge in [0.25, 0.3) is 5.91 Å². The number of amides is 1. The zero-order valence-electron chi connectivity index (χ0n) is 16.1. The molecular formula is C20H21N3O4S. The zero-order valence-corrected chi connectivity index (χ0v) is 16.9. The highest BCUT2D eigenvalue weighted by Crippen LogP contribution is 2.29. The van der Waals surface area contributed by atoms with Crippen molar-refractivity contribution in [3.8, 4) is 10.6 Å². The molecule has 0 bridgehead atoms. The van der Waals surface area contributed by atoms with Gasteiger partial charge in [0.05, 0.1) is 5.69 Å². The summed E-state index contributed by atoms with van der Waals surface area (Å²) in [6.07, 6.45) is -0.0268. The van der Waals surface area contributed by atoms with E-state index < -0.39 is 18.0 Å². The van der Waals surface area contributed by atoms with Crippen molar-refractivity contribution >= 4 is 29.0 Å². The maximum absolute atomic E-state index is 12.5. The lowest BCUT2D eigenvalue weighted by molar-refractivity contribution is -0.123. The Hall–Kier alpha value is -3.00. The minimum absolute atomic E-state index is 0.275. The average Bonchev–Trinajstić information content (AvgIpc) is 3.27. The van der Waals surface area contributed by atoms with E-state index in [2.05, 4.69) is 22.4 Å². The minimum Gasteiger partial charge on any atom is -0.448 e. The van der Waals surface area contributed by atoms with E-state index in [1.165, 1.54) is 23.8 Å². The summed E-state index contributed by atoms with van der Waals surface area (Å²) in [5, 5.41) is 6.96. The summed E-state index contributed by atoms with van der Waals surface area (Å²) >= 11 is 1.25. The third-order valence-electron chi connectivity index (χ3n) is 4.12. The lowest BCUT2D eigenvalue weighted by Gasteiger charge is -2.11. The standard InChI is InChI=1S/C20H21N3O4S/c1-5-14-6-8-15(9-7-14)19-21-12(3)17(28-19)20(25)26-13(4)18(24)22-16-10-11(2)27-23-16/h6-10,13H,5H2,1-4H3,(H,22,23,24)/t13-/m1/s1. The molecule has 1 amide bonds. The van der Waals surface area contributed by atoms with E-state index in [-0.39, 0.29) is 5.82 Å². The molecule has 0 unspecified atom stereocenters. The van der Waals surface area contributed by atoms with Crippen molar-refractivity contribution in [1.82, 2.24) is 10.1 Å². The van der Waals surface area contributed by atoms with Crippen LogP contribution in [-0.4, -0.2) is 28.1 Å². The maximum Gasteiger partial charge on any atom is 0.351 e. The zero-order chi connectivity index (χ0) is 20.3. The second kappa shape index (κ2) is 8.35. The molecule has 2 heterocycles. The largest absolute Gasteiger partial charge is 0.448 e. The second-order valence-electron chi connectivity index (χ2n) is 6.34. The number of benzene rings is 1. The molecule has 28 heavy (non-hydrogen) atoms. The molecule has 0 aliphatic rings. The van der Waals surface area contributed by atoms with Gasteiger partial charge in [-0.2, -0.15) is 0 Å². The Bertz CT molecular complexity index is 991. The van der Waals surface area contributed by atoms with Gasteiger partial charge in [0, 0.05) is 11.6 Å². The second-order valence-corrected chi connectivity index (χ2v) is 7.34. The van der Waals surface area contributed by atoms with Gasteiger partial charge in [0.15, 0.2) is 11.9 Å². The molecule has 7 nitrogen and oxygen atoms in total. The predicted molar refractivity (Wildman–Crippen MR) is 106 cm³/mol. The topological polar surface area (TPSA) is 94.3 Å². The van der Waals surface area contributed by atoms with Crippen LogP contribution >= 0.6 is 11.3 Å². The summed E-state index contributed by atoms with van der Waals surface area (Å²) in [5.74, 6) is -0.221. The van der Waals surface area contributed by atoms with Crippen LogP contribution in [-0.2, 0) is 16.0 Å². The summed E-state index contributed by atoms with van der Waals surface area (Å²) < 4.78 is 10.2. The lowest BCUT2D eigenvalue weighted by atomic mass is 10.1. The van der Waals surface area contributed by atoms with Crippen LogP contribution in [0.2, 0.25) is 0 Å². The first-order valence-corrected chi connectivity index (χ1v) is 9.71. The molecule has 8 heteroatoms. The van der Waals surface area contributed by atoms with E-state index in [4.69, 9.17) is 9.26 Å². The van der Waals surface area contributed by atoms with Crippen LogP contribution in [0.15, 0.2) is 34.9 Å². The van der Waals surface area contributed by atoms with Crippen LogP contribution in [0.1, 0.15) is 40.5 Å². The number of hydrogen-bond acceptors (Lipinski definition) is 7. The molecule has 1 atom stereocenters. The van der Waals surface area contributed by atoms with Gasteiger partial charge in [-0.1, -0.05) is 36.3 Å². The normalized spacial score (nSPS) is 11.9. The van der Waals surface area contributed by atoms with E-state index in [9.17, 15) is 9.59 Å². The maximum atomic E-state index is 12.5. The smallest absolute Gasteiger partial charge is 0.351 e. The molecule has 0 saturated heterocycles. The van der Waals surface area contributed by atoms with Gasteiger partial charge in [-0.05, 0) is 32.8 Å². The number of ether oxygens (including phenoxy) is 1. The monoisotopic (exact) mass is 399 g/mol. The van der Waals surface area contributed by atoms with Crippen molar-refractivity contribution in [2.24, 2.45) is 0 Å². The van der Waals surface area contributed by atoms with E-state index in [0.717, 1.165) is 17.0 Å². The Balaban J connectivity index is 1.68. The van der Waals surface area contributed by atoms with Gasteiger partial charge in [-0.15, -0.1) is 11.3 Å². The Morgan fingerprint density at radius 1 is 1.25 bits per heavy atom. The van der Waals surface area contributed by atoms with Gasteiger partial charge in [0.1, 0.15) is 15.6 Å². The molecule has 0 aliphatic heterocycles. The van der Waals surface area contributed by atoms with E-state index in [0.29, 0.717) is 16.3 Å². The van der Waals surface area contributed by atoms with Crippen LogP contribution in [0.4, 0.5) is 5.82 Å². The van der Waals surface area contributed by atoms with Gasteiger partial charge in [0.2, 0.25) is 0 Å². The molecule has 3 aromatic rings. The SMILES string of the molecule is CCc1ccc(-c2nc(C)c(C(=O)O[C@H](C)C(=O)Nc3cc(C)on3)s2)cc1. The van der Waals surface area contributed by atoms with Crippen molar-refractivity contribution in [2.45, 2.75) is 40.2 Å². The molecular weight excluding hydrogens is 378 g/mol. The highest BCUT2D eigenvalue weighted by Gasteiger charge is 2.23. The number of anilines is 1. The molecule has 146 valence electrons. The number of hydrogen-bond donors (Lipinski definition) is 1. The summed E-state index contributed by atoms with van der Waals surface area (Å²) in [6, 6.07) is 9.64. The number of carbonyl (C=O) groups is 2. The number of carbonyl (C=O) groups excluding carboxylic acids is 2. The van der Waals surface area contributed by atoms with Crippen LogP contribution < -0.4 is 5.32 Å². The third kappa shape index (κ3) is 4.45. The molecule has 1 aromatic carbocycles. The molecule has 0 radical (unpaired) electrons. The number of thiazole rings is 1. The third-order valence-corrected chi connectivity index (χ3v) is 5.31. The summed E-state index contributed by atoms with van der Waals surface area (Å²) in [6.45, 7) is 7.06. The van der Waals surface area contributed by atoms with Crippen molar-refractivity contribution in [3.63, 3.8) is 0 Å². The highest BCUT2D eigenvalue weighted by atomic mass is 32.1. The first kappa shape index (κ1) is 19.8. The van der Waals surface area contributed by atoms with Crippen molar-refractivity contribution < 1.29 is 18.8 Å². The molecule has 1 N–H and O–H groups in total. The predicted octanol–water partition coefficient (Wildman–Crippen LogP) is 4.16. The molecule has 0 aliphatic carbocycles. The van der Waals surface area contributed by atoms with Crippen molar-refractivity contribution in [3.05, 3.63) is 52.2 Å². The lowest BCUT2D eigenvalue weighted by Crippen LogP contribution is -2.30. The number of nitrogens with one attached hydrogen (secondary N) is 1. The quantitative estimate of drug-likeness (QED) is 0.626. The average molecular weight is 399 g/mol. The summed E-state index contributed by atoms with van der Waals surface area (Å²) in [4.78, 5) is 29.6. The van der Waals surface area contributed by atoms with Crippen molar-refractivity contribution in [1.29, 1.82) is 0 Å². The fourth-order valence-electron chi connectivity index (χ4n) is 2.51. The Labute approximate surface area is 166 Å². The number of aryl methyl sites for hydroxylation is 3. The molecule has 2 aromatic heterocycles. The van der Waals surface area contributed by atoms with E-state index in [1.807, 2.05) is 24.3 Å². The van der Waals surface area contributed by atoms with E-state index >= 15 is 0 Å². The van der Waals surface area contributed by atoms with Crippen LogP contribution in [0.25, 0.3) is 10.6 Å². The summed E-state index contributed by atoms with van der Waals surface area (Å²) in [7, 11) is 0. The highest BCUT2D eigenvalue weighted by molar-refractivity contribution is 7.17. The number of rotatable bonds is 6. The number of aromatic nitrogens is 2. The first-order chi connectivity index (χ1) is 13.4. The minimum atomic E-state index is -0.988. The van der Waals surface area contributed by atoms with E-state index in [1.54, 1.807) is 19.9 Å². The molecule has 0 fully saturated rings. The summed E-state index contributed by atoms with van der Waals surface area (Å²) in [5.41, 5.74) is 2.75. The number of nitrogens with zero attached hydrogens (tertiary/aromatic N) is 2. The molecule has 0 saturated carbocycles. The van der Waals surface area contributed by atoms with Crippen LogP contribution in [0.5, 0.6) is 0 Å². The Morgan fingerprint density at radius 3 is 2.57 bits per heavy atom. The molecule has 3 rings (SSSR count). The van der Waals surface area contributed by atoms with Gasteiger partial charge in [-0.3, -0.25) is 4.79 Å². The Morgan fingerprint density at radius 2 is 1.96 bits per heavy atom. The van der Waals surface area contributed by atoms with Crippen LogP contribution in [0, 0.1) is 13.8 Å². The van der Waals surface area contributed by atoms with Gasteiger partial charge >= 0.3 is 5.97 Å². The van der Waals surface area contributed by atoms with Crippen LogP contribution in [0.3, 0.4) is 0 Å². The molecule has 0 spiro atoms. The van der Waals surface area contributed by atoms with Gasteiger partial charge < -0.3 is 14.6 Å². The fourth-order valence-corrected chi connectivity index (χ4v) is 3.47. The Kier molecular flexibility index (Phi) is 5.89. The fraction of sp³-hybridized carbons (Fsp3) is 0.300. The number of esters is 1. The van der Waals surface area contributed by atoms with Gasteiger partial charge in [-0.25, -0.2) is 9.78 Å². The van der Waals surface area contributed by atoms with Crippen molar-refractivity contribution in [2.75, 3.05) is 5.32 Å².